The van der Waals surface area contributed by atoms with Crippen molar-refractivity contribution >= 4 is 29.1 Å². The maximum Gasteiger partial charge on any atom is 0.227 e. The quantitative estimate of drug-likeness (QED) is 0.763. The Morgan fingerprint density at radius 2 is 2.11 bits per heavy atom. The number of benzene rings is 1. The van der Waals surface area contributed by atoms with Crippen molar-refractivity contribution in [3.63, 3.8) is 0 Å². The molecule has 0 bridgehead atoms. The van der Waals surface area contributed by atoms with E-state index in [1.54, 1.807) is 17.0 Å². The zero-order valence-corrected chi connectivity index (χ0v) is 12.0. The molecule has 1 aromatic rings. The van der Waals surface area contributed by atoms with E-state index in [1.165, 1.54) is 12.8 Å². The van der Waals surface area contributed by atoms with E-state index < -0.39 is 0 Å². The topological polar surface area (TPSA) is 20.3 Å². The van der Waals surface area contributed by atoms with E-state index >= 15 is 0 Å². The molecule has 0 atom stereocenters. The first-order valence-corrected chi connectivity index (χ1v) is 7.01. The van der Waals surface area contributed by atoms with Gasteiger partial charge in [0.15, 0.2) is 0 Å². The Hall–Kier alpha value is -1.17. The fourth-order valence-electron chi connectivity index (χ4n) is 1.91. The van der Waals surface area contributed by atoms with Crippen molar-refractivity contribution in [2.75, 3.05) is 13.1 Å². The van der Waals surface area contributed by atoms with Gasteiger partial charge in [0.25, 0.3) is 0 Å². The van der Waals surface area contributed by atoms with Gasteiger partial charge in [-0.05, 0) is 36.5 Å². The van der Waals surface area contributed by atoms with Crippen molar-refractivity contribution in [2.24, 2.45) is 5.92 Å². The zero-order chi connectivity index (χ0) is 13.8. The Bertz CT molecular complexity index is 517. The SMILES string of the molecule is C#CCN(CC1CC1)C(=O)Cc1ccc(Cl)c(Cl)c1. The number of carbonyl (C=O) groups excluding carboxylic acids is 1. The third-order valence-corrected chi connectivity index (χ3v) is 3.89. The maximum atomic E-state index is 12.2. The van der Waals surface area contributed by atoms with Gasteiger partial charge in [0.05, 0.1) is 23.0 Å². The van der Waals surface area contributed by atoms with Gasteiger partial charge in [-0.1, -0.05) is 35.2 Å². The molecule has 2 rings (SSSR count). The van der Waals surface area contributed by atoms with Crippen LogP contribution in [0, 0.1) is 18.3 Å². The molecule has 0 saturated heterocycles. The van der Waals surface area contributed by atoms with Crippen LogP contribution in [0.1, 0.15) is 18.4 Å². The minimum atomic E-state index is 0.0447. The van der Waals surface area contributed by atoms with Gasteiger partial charge < -0.3 is 4.90 Å². The molecule has 100 valence electrons. The van der Waals surface area contributed by atoms with Gasteiger partial charge in [-0.25, -0.2) is 0 Å². The molecule has 0 heterocycles. The van der Waals surface area contributed by atoms with Gasteiger partial charge in [-0.3, -0.25) is 4.79 Å². The van der Waals surface area contributed by atoms with E-state index in [-0.39, 0.29) is 5.91 Å². The number of hydrogen-bond donors (Lipinski definition) is 0. The monoisotopic (exact) mass is 295 g/mol. The summed E-state index contributed by atoms with van der Waals surface area (Å²) in [5.74, 6) is 3.22. The summed E-state index contributed by atoms with van der Waals surface area (Å²) < 4.78 is 0. The van der Waals surface area contributed by atoms with Gasteiger partial charge in [-0.2, -0.15) is 0 Å². The Morgan fingerprint density at radius 3 is 2.68 bits per heavy atom. The van der Waals surface area contributed by atoms with Gasteiger partial charge in [-0.15, -0.1) is 6.42 Å². The van der Waals surface area contributed by atoms with E-state index in [2.05, 4.69) is 5.92 Å². The molecule has 1 amide bonds. The molecular formula is C15H15Cl2NO. The Kier molecular flexibility index (Phi) is 4.74. The summed E-state index contributed by atoms with van der Waals surface area (Å²) in [5, 5.41) is 0.967. The van der Waals surface area contributed by atoms with Crippen LogP contribution in [-0.4, -0.2) is 23.9 Å². The van der Waals surface area contributed by atoms with Crippen molar-refractivity contribution in [3.8, 4) is 12.3 Å². The van der Waals surface area contributed by atoms with Crippen LogP contribution >= 0.6 is 23.2 Å². The standard InChI is InChI=1S/C15H15Cl2NO/c1-2-7-18(10-11-3-4-11)15(19)9-12-5-6-13(16)14(17)8-12/h1,5-6,8,11H,3-4,7,9-10H2. The number of carbonyl (C=O) groups is 1. The highest BCUT2D eigenvalue weighted by molar-refractivity contribution is 6.42. The number of rotatable bonds is 5. The minimum Gasteiger partial charge on any atom is -0.331 e. The number of nitrogens with zero attached hydrogens (tertiary/aromatic N) is 1. The van der Waals surface area contributed by atoms with E-state index in [0.29, 0.717) is 28.9 Å². The van der Waals surface area contributed by atoms with Gasteiger partial charge >= 0.3 is 0 Å². The van der Waals surface area contributed by atoms with Gasteiger partial charge in [0.1, 0.15) is 0 Å². The fourth-order valence-corrected chi connectivity index (χ4v) is 2.23. The summed E-state index contributed by atoms with van der Waals surface area (Å²) in [6.07, 6.45) is 8.02. The number of terminal acetylenes is 1. The Balaban J connectivity index is 2.00. The van der Waals surface area contributed by atoms with Crippen molar-refractivity contribution < 1.29 is 4.79 Å². The van der Waals surface area contributed by atoms with Crippen LogP contribution in [0.2, 0.25) is 10.0 Å². The second kappa shape index (κ2) is 6.32. The number of amides is 1. The normalized spacial score (nSPS) is 13.9. The molecule has 0 radical (unpaired) electrons. The summed E-state index contributed by atoms with van der Waals surface area (Å²) in [6.45, 7) is 1.14. The molecule has 1 fully saturated rings. The van der Waals surface area contributed by atoms with Crippen LogP contribution in [-0.2, 0) is 11.2 Å². The maximum absolute atomic E-state index is 12.2. The van der Waals surface area contributed by atoms with Crippen LogP contribution in [0.25, 0.3) is 0 Å². The lowest BCUT2D eigenvalue weighted by atomic mass is 10.1. The van der Waals surface area contributed by atoms with E-state index in [9.17, 15) is 4.79 Å². The van der Waals surface area contributed by atoms with Crippen LogP contribution in [0.15, 0.2) is 18.2 Å². The average Bonchev–Trinajstić information content (AvgIpc) is 3.17. The predicted molar refractivity (Wildman–Crippen MR) is 78.3 cm³/mol. The van der Waals surface area contributed by atoms with E-state index in [0.717, 1.165) is 12.1 Å². The summed E-state index contributed by atoms with van der Waals surface area (Å²) >= 11 is 11.8. The molecule has 0 unspecified atom stereocenters. The minimum absolute atomic E-state index is 0.0447. The van der Waals surface area contributed by atoms with E-state index in [4.69, 9.17) is 29.6 Å². The van der Waals surface area contributed by atoms with Crippen molar-refractivity contribution in [1.29, 1.82) is 0 Å². The molecule has 2 nitrogen and oxygen atoms in total. The number of hydrogen-bond acceptors (Lipinski definition) is 1. The first-order chi connectivity index (χ1) is 9.10. The lowest BCUT2D eigenvalue weighted by Crippen LogP contribution is -2.34. The highest BCUT2D eigenvalue weighted by Gasteiger charge is 2.26. The molecule has 0 spiro atoms. The molecule has 4 heteroatoms. The van der Waals surface area contributed by atoms with Crippen molar-refractivity contribution in [1.82, 2.24) is 4.90 Å². The molecule has 1 aliphatic carbocycles. The largest absolute Gasteiger partial charge is 0.331 e. The highest BCUT2D eigenvalue weighted by Crippen LogP contribution is 2.30. The smallest absolute Gasteiger partial charge is 0.227 e. The molecular weight excluding hydrogens is 281 g/mol. The van der Waals surface area contributed by atoms with Crippen LogP contribution < -0.4 is 0 Å². The zero-order valence-electron chi connectivity index (χ0n) is 10.5. The van der Waals surface area contributed by atoms with Gasteiger partial charge in [0, 0.05) is 6.54 Å². The summed E-state index contributed by atoms with van der Waals surface area (Å²) in [4.78, 5) is 14.0. The van der Waals surface area contributed by atoms with Gasteiger partial charge in [0.2, 0.25) is 5.91 Å². The third kappa shape index (κ3) is 4.16. The number of halogens is 2. The first kappa shape index (κ1) is 14.2. The molecule has 19 heavy (non-hydrogen) atoms. The molecule has 0 aliphatic heterocycles. The molecule has 1 saturated carbocycles. The first-order valence-electron chi connectivity index (χ1n) is 6.25. The summed E-state index contributed by atoms with van der Waals surface area (Å²) in [7, 11) is 0. The molecule has 1 aromatic carbocycles. The van der Waals surface area contributed by atoms with Crippen LogP contribution in [0.4, 0.5) is 0 Å². The Labute approximate surface area is 123 Å². The molecule has 0 aromatic heterocycles. The van der Waals surface area contributed by atoms with Crippen LogP contribution in [0.5, 0.6) is 0 Å². The predicted octanol–water partition coefficient (Wildman–Crippen LogP) is 3.41. The Morgan fingerprint density at radius 1 is 1.37 bits per heavy atom. The van der Waals surface area contributed by atoms with Crippen molar-refractivity contribution in [2.45, 2.75) is 19.3 Å². The second-order valence-electron chi connectivity index (χ2n) is 4.85. The van der Waals surface area contributed by atoms with E-state index in [1.807, 2.05) is 6.07 Å². The third-order valence-electron chi connectivity index (χ3n) is 3.15. The average molecular weight is 296 g/mol. The molecule has 0 N–H and O–H groups in total. The lowest BCUT2D eigenvalue weighted by Gasteiger charge is -2.20. The fraction of sp³-hybridized carbons (Fsp3) is 0.400. The summed E-state index contributed by atoms with van der Waals surface area (Å²) in [6, 6.07) is 5.25. The molecule has 1 aliphatic rings. The lowest BCUT2D eigenvalue weighted by molar-refractivity contribution is -0.130. The van der Waals surface area contributed by atoms with Crippen LogP contribution in [0.3, 0.4) is 0 Å². The van der Waals surface area contributed by atoms with Crippen molar-refractivity contribution in [3.05, 3.63) is 33.8 Å². The highest BCUT2D eigenvalue weighted by atomic mass is 35.5. The summed E-state index contributed by atoms with van der Waals surface area (Å²) in [5.41, 5.74) is 0.859. The second-order valence-corrected chi connectivity index (χ2v) is 5.66.